The quantitative estimate of drug-likeness (QED) is 0.783. The lowest BCUT2D eigenvalue weighted by Gasteiger charge is -2.18. The molecule has 1 aromatic heterocycles. The molecule has 0 aliphatic carbocycles. The SMILES string of the molecule is Cc1cc(NC(=O)CCNS(=O)(=O)c2ccc3c(c2)OCCO3)no1. The van der Waals surface area contributed by atoms with Crippen LogP contribution in [-0.2, 0) is 14.8 Å². The van der Waals surface area contributed by atoms with Gasteiger partial charge in [0.25, 0.3) is 0 Å². The van der Waals surface area contributed by atoms with Crippen molar-refractivity contribution in [2.75, 3.05) is 25.1 Å². The smallest absolute Gasteiger partial charge is 0.240 e. The molecule has 0 saturated heterocycles. The van der Waals surface area contributed by atoms with Crippen molar-refractivity contribution in [2.45, 2.75) is 18.2 Å². The van der Waals surface area contributed by atoms with Crippen molar-refractivity contribution in [3.8, 4) is 11.5 Å². The molecule has 0 spiro atoms. The third kappa shape index (κ3) is 4.28. The Morgan fingerprint density at radius 2 is 1.96 bits per heavy atom. The van der Waals surface area contributed by atoms with Gasteiger partial charge in [-0.15, -0.1) is 0 Å². The second-order valence-corrected chi connectivity index (χ2v) is 7.09. The number of benzene rings is 1. The summed E-state index contributed by atoms with van der Waals surface area (Å²) in [6.45, 7) is 2.44. The number of fused-ring (bicyclic) bond motifs is 1. The first kappa shape index (κ1) is 17.2. The second-order valence-electron chi connectivity index (χ2n) is 5.32. The van der Waals surface area contributed by atoms with Crippen LogP contribution in [0.5, 0.6) is 11.5 Å². The zero-order chi connectivity index (χ0) is 17.9. The Morgan fingerprint density at radius 3 is 2.68 bits per heavy atom. The van der Waals surface area contributed by atoms with Crippen LogP contribution in [0.25, 0.3) is 0 Å². The fourth-order valence-corrected chi connectivity index (χ4v) is 3.25. The average Bonchev–Trinajstić information content (AvgIpc) is 2.99. The second kappa shape index (κ2) is 7.11. The lowest BCUT2D eigenvalue weighted by Crippen LogP contribution is -2.28. The summed E-state index contributed by atoms with van der Waals surface area (Å²) in [5.74, 6) is 1.37. The van der Waals surface area contributed by atoms with Gasteiger partial charge in [0.05, 0.1) is 4.90 Å². The molecule has 0 atom stereocenters. The van der Waals surface area contributed by atoms with Crippen molar-refractivity contribution in [1.29, 1.82) is 0 Å². The zero-order valence-corrected chi connectivity index (χ0v) is 14.3. The molecule has 134 valence electrons. The highest BCUT2D eigenvalue weighted by Crippen LogP contribution is 2.32. The van der Waals surface area contributed by atoms with Gasteiger partial charge in [-0.25, -0.2) is 13.1 Å². The molecule has 2 aromatic rings. The number of aryl methyl sites for hydroxylation is 1. The normalized spacial score (nSPS) is 13.5. The van der Waals surface area contributed by atoms with Gasteiger partial charge in [0, 0.05) is 25.1 Å². The Balaban J connectivity index is 1.55. The minimum absolute atomic E-state index is 0.0456. The number of amides is 1. The van der Waals surface area contributed by atoms with E-state index in [0.717, 1.165) is 0 Å². The molecule has 0 unspecified atom stereocenters. The predicted molar refractivity (Wildman–Crippen MR) is 87.1 cm³/mol. The maximum atomic E-state index is 12.3. The van der Waals surface area contributed by atoms with Gasteiger partial charge in [-0.3, -0.25) is 4.79 Å². The Labute approximate surface area is 144 Å². The number of nitrogens with one attached hydrogen (secondary N) is 2. The molecule has 1 aromatic carbocycles. The molecule has 2 N–H and O–H groups in total. The van der Waals surface area contributed by atoms with Crippen LogP contribution < -0.4 is 19.5 Å². The van der Waals surface area contributed by atoms with Gasteiger partial charge in [-0.1, -0.05) is 5.16 Å². The van der Waals surface area contributed by atoms with Crippen LogP contribution in [0.15, 0.2) is 33.7 Å². The Bertz CT molecular complexity index is 877. The van der Waals surface area contributed by atoms with E-state index in [1.165, 1.54) is 12.1 Å². The van der Waals surface area contributed by atoms with Gasteiger partial charge in [0.15, 0.2) is 17.3 Å². The highest BCUT2D eigenvalue weighted by molar-refractivity contribution is 7.89. The zero-order valence-electron chi connectivity index (χ0n) is 13.4. The third-order valence-corrected chi connectivity index (χ3v) is 4.82. The molecule has 2 heterocycles. The van der Waals surface area contributed by atoms with Crippen molar-refractivity contribution in [2.24, 2.45) is 0 Å². The van der Waals surface area contributed by atoms with E-state index < -0.39 is 10.0 Å². The number of carbonyl (C=O) groups is 1. The lowest BCUT2D eigenvalue weighted by atomic mass is 10.3. The molecule has 0 fully saturated rings. The van der Waals surface area contributed by atoms with Gasteiger partial charge in [-0.2, -0.15) is 0 Å². The van der Waals surface area contributed by atoms with Gasteiger partial charge in [-0.05, 0) is 19.1 Å². The summed E-state index contributed by atoms with van der Waals surface area (Å²) in [5, 5.41) is 6.14. The van der Waals surface area contributed by atoms with Crippen LogP contribution in [0.2, 0.25) is 0 Å². The van der Waals surface area contributed by atoms with Crippen LogP contribution in [0.4, 0.5) is 5.82 Å². The molecular formula is C15H17N3O6S. The van der Waals surface area contributed by atoms with E-state index in [2.05, 4.69) is 15.2 Å². The first-order chi connectivity index (χ1) is 11.9. The van der Waals surface area contributed by atoms with E-state index in [1.807, 2.05) is 0 Å². The number of hydrogen-bond donors (Lipinski definition) is 2. The largest absolute Gasteiger partial charge is 0.486 e. The minimum Gasteiger partial charge on any atom is -0.486 e. The Morgan fingerprint density at radius 1 is 1.20 bits per heavy atom. The maximum Gasteiger partial charge on any atom is 0.240 e. The van der Waals surface area contributed by atoms with Crippen LogP contribution >= 0.6 is 0 Å². The summed E-state index contributed by atoms with van der Waals surface area (Å²) in [7, 11) is -3.76. The highest BCUT2D eigenvalue weighted by Gasteiger charge is 2.19. The summed E-state index contributed by atoms with van der Waals surface area (Å²) in [4.78, 5) is 11.8. The molecule has 3 rings (SSSR count). The number of nitrogens with zero attached hydrogens (tertiary/aromatic N) is 1. The third-order valence-electron chi connectivity index (χ3n) is 3.36. The molecule has 0 bridgehead atoms. The van der Waals surface area contributed by atoms with Gasteiger partial charge in [0.1, 0.15) is 19.0 Å². The minimum atomic E-state index is -3.76. The van der Waals surface area contributed by atoms with Gasteiger partial charge >= 0.3 is 0 Å². The molecule has 25 heavy (non-hydrogen) atoms. The number of rotatable bonds is 6. The number of anilines is 1. The summed E-state index contributed by atoms with van der Waals surface area (Å²) >= 11 is 0. The lowest BCUT2D eigenvalue weighted by molar-refractivity contribution is -0.116. The van der Waals surface area contributed by atoms with E-state index >= 15 is 0 Å². The predicted octanol–water partition coefficient (Wildman–Crippen LogP) is 1.06. The van der Waals surface area contributed by atoms with E-state index in [9.17, 15) is 13.2 Å². The molecule has 10 heteroatoms. The standard InChI is InChI=1S/C15H17N3O6S/c1-10-8-14(18-24-10)17-15(19)4-5-16-25(20,21)11-2-3-12-13(9-11)23-7-6-22-12/h2-3,8-9,16H,4-7H2,1H3,(H,17,18,19). The van der Waals surface area contributed by atoms with E-state index in [0.29, 0.717) is 30.5 Å². The molecule has 1 aliphatic heterocycles. The van der Waals surface area contributed by atoms with Crippen molar-refractivity contribution in [3.05, 3.63) is 30.0 Å². The average molecular weight is 367 g/mol. The fourth-order valence-electron chi connectivity index (χ4n) is 2.20. The summed E-state index contributed by atoms with van der Waals surface area (Å²) < 4.78 is 42.5. The number of carbonyl (C=O) groups excluding carboxylic acids is 1. The first-order valence-electron chi connectivity index (χ1n) is 7.56. The molecule has 1 amide bonds. The number of hydrogen-bond acceptors (Lipinski definition) is 7. The summed E-state index contributed by atoms with van der Waals surface area (Å²) in [6.07, 6.45) is -0.0459. The molecular weight excluding hydrogens is 350 g/mol. The topological polar surface area (TPSA) is 120 Å². The summed E-state index contributed by atoms with van der Waals surface area (Å²) in [6, 6.07) is 5.93. The van der Waals surface area contributed by atoms with Crippen LogP contribution in [0.3, 0.4) is 0 Å². The molecule has 0 saturated carbocycles. The fraction of sp³-hybridized carbons (Fsp3) is 0.333. The van der Waals surface area contributed by atoms with Crippen LogP contribution in [0.1, 0.15) is 12.2 Å². The van der Waals surface area contributed by atoms with Crippen LogP contribution in [-0.4, -0.2) is 39.2 Å². The monoisotopic (exact) mass is 367 g/mol. The van der Waals surface area contributed by atoms with Crippen molar-refractivity contribution in [3.63, 3.8) is 0 Å². The van der Waals surface area contributed by atoms with E-state index in [1.54, 1.807) is 19.1 Å². The van der Waals surface area contributed by atoms with Crippen molar-refractivity contribution < 1.29 is 27.2 Å². The van der Waals surface area contributed by atoms with Crippen LogP contribution in [0, 0.1) is 6.92 Å². The molecule has 0 radical (unpaired) electrons. The number of ether oxygens (including phenoxy) is 2. The van der Waals surface area contributed by atoms with Gasteiger partial charge < -0.3 is 19.3 Å². The number of sulfonamides is 1. The Hall–Kier alpha value is -2.59. The van der Waals surface area contributed by atoms with Gasteiger partial charge in [0.2, 0.25) is 15.9 Å². The number of aromatic nitrogens is 1. The van der Waals surface area contributed by atoms with E-state index in [-0.39, 0.29) is 29.6 Å². The Kier molecular flexibility index (Phi) is 4.91. The van der Waals surface area contributed by atoms with E-state index in [4.69, 9.17) is 14.0 Å². The molecule has 9 nitrogen and oxygen atoms in total. The highest BCUT2D eigenvalue weighted by atomic mass is 32.2. The summed E-state index contributed by atoms with van der Waals surface area (Å²) in [5.41, 5.74) is 0. The maximum absolute atomic E-state index is 12.3. The first-order valence-corrected chi connectivity index (χ1v) is 9.05. The molecule has 1 aliphatic rings. The van der Waals surface area contributed by atoms with Crippen molar-refractivity contribution >= 4 is 21.7 Å². The van der Waals surface area contributed by atoms with Crippen molar-refractivity contribution in [1.82, 2.24) is 9.88 Å².